The first-order valence-corrected chi connectivity index (χ1v) is 7.99. The number of carbonyl (C=O) groups is 1. The van der Waals surface area contributed by atoms with Gasteiger partial charge in [-0.2, -0.15) is 0 Å². The lowest BCUT2D eigenvalue weighted by Gasteiger charge is -2.17. The number of nitrogens with one attached hydrogen (secondary N) is 1. The number of rotatable bonds is 9. The zero-order valence-corrected chi connectivity index (χ0v) is 16.2. The van der Waals surface area contributed by atoms with Crippen LogP contribution in [-0.4, -0.2) is 42.2 Å². The predicted molar refractivity (Wildman–Crippen MR) is 105 cm³/mol. The first-order chi connectivity index (χ1) is 11.1. The van der Waals surface area contributed by atoms with E-state index in [-0.39, 0.29) is 30.4 Å². The number of likely N-dealkylation sites (N-methyl/N-ethyl adjacent to an activating group) is 1. The summed E-state index contributed by atoms with van der Waals surface area (Å²) in [6.45, 7) is 9.09. The second kappa shape index (κ2) is 11.9. The van der Waals surface area contributed by atoms with Gasteiger partial charge in [0.25, 0.3) is 0 Å². The molecule has 0 atom stereocenters. The van der Waals surface area contributed by atoms with Crippen LogP contribution < -0.4 is 5.32 Å². The van der Waals surface area contributed by atoms with Gasteiger partial charge in [-0.1, -0.05) is 26.0 Å². The molecular weight excluding hydrogens is 363 g/mol. The molecule has 1 aromatic carbocycles. The Balaban J connectivity index is 0.00000288. The van der Waals surface area contributed by atoms with E-state index >= 15 is 0 Å². The van der Waals surface area contributed by atoms with Gasteiger partial charge in [0, 0.05) is 18.7 Å². The van der Waals surface area contributed by atoms with Crippen LogP contribution in [0.4, 0.5) is 0 Å². The Morgan fingerprint density at radius 3 is 2.28 bits per heavy atom. The molecule has 0 aliphatic rings. The molecule has 0 amide bonds. The molecule has 0 saturated heterocycles. The molecule has 0 radical (unpaired) electrons. The maximum atomic E-state index is 10.9. The maximum Gasteiger partial charge on any atom is 0.335 e. The Labute approximate surface area is 161 Å². The van der Waals surface area contributed by atoms with Gasteiger partial charge in [0.1, 0.15) is 11.5 Å². The SMILES string of the molecule is CCN(CC)CCNCc1ccc(-c2ccc(C(=O)O)cc2)o1.Cl.Cl. The normalized spacial score (nSPS) is 10.2. The van der Waals surface area contributed by atoms with Crippen molar-refractivity contribution >= 4 is 30.8 Å². The molecule has 1 aromatic heterocycles. The van der Waals surface area contributed by atoms with Crippen LogP contribution in [0.5, 0.6) is 0 Å². The molecule has 0 bridgehead atoms. The number of halogens is 2. The highest BCUT2D eigenvalue weighted by Crippen LogP contribution is 2.22. The number of hydrogen-bond acceptors (Lipinski definition) is 4. The summed E-state index contributed by atoms with van der Waals surface area (Å²) in [5, 5.41) is 12.3. The highest BCUT2D eigenvalue weighted by molar-refractivity contribution is 5.88. The molecule has 1 heterocycles. The largest absolute Gasteiger partial charge is 0.478 e. The predicted octanol–water partition coefficient (Wildman–Crippen LogP) is 3.92. The van der Waals surface area contributed by atoms with Crippen molar-refractivity contribution < 1.29 is 14.3 Å². The van der Waals surface area contributed by atoms with E-state index < -0.39 is 5.97 Å². The zero-order chi connectivity index (χ0) is 16.7. The van der Waals surface area contributed by atoms with E-state index in [4.69, 9.17) is 9.52 Å². The van der Waals surface area contributed by atoms with E-state index in [0.717, 1.165) is 43.3 Å². The van der Waals surface area contributed by atoms with E-state index in [0.29, 0.717) is 6.54 Å². The fourth-order valence-corrected chi connectivity index (χ4v) is 2.39. The molecule has 0 spiro atoms. The van der Waals surface area contributed by atoms with Crippen molar-refractivity contribution in [2.24, 2.45) is 0 Å². The highest BCUT2D eigenvalue weighted by Gasteiger charge is 2.07. The minimum Gasteiger partial charge on any atom is -0.478 e. The number of nitrogens with zero attached hydrogens (tertiary/aromatic N) is 1. The first-order valence-electron chi connectivity index (χ1n) is 7.99. The van der Waals surface area contributed by atoms with Gasteiger partial charge in [-0.25, -0.2) is 4.79 Å². The van der Waals surface area contributed by atoms with Crippen LogP contribution in [0.25, 0.3) is 11.3 Å². The first kappa shape index (κ1) is 23.5. The highest BCUT2D eigenvalue weighted by atomic mass is 35.5. The van der Waals surface area contributed by atoms with Gasteiger partial charge >= 0.3 is 5.97 Å². The van der Waals surface area contributed by atoms with Crippen LogP contribution in [0.15, 0.2) is 40.8 Å². The van der Waals surface area contributed by atoms with E-state index in [1.807, 2.05) is 12.1 Å². The van der Waals surface area contributed by atoms with Crippen LogP contribution in [0.3, 0.4) is 0 Å². The molecule has 5 nitrogen and oxygen atoms in total. The maximum absolute atomic E-state index is 10.9. The van der Waals surface area contributed by atoms with Crippen molar-refractivity contribution in [3.8, 4) is 11.3 Å². The molecule has 0 saturated carbocycles. The minimum atomic E-state index is -0.922. The van der Waals surface area contributed by atoms with E-state index in [2.05, 4.69) is 24.1 Å². The smallest absolute Gasteiger partial charge is 0.335 e. The Kier molecular flexibility index (Phi) is 11.2. The quantitative estimate of drug-likeness (QED) is 0.637. The van der Waals surface area contributed by atoms with E-state index in [9.17, 15) is 4.79 Å². The average molecular weight is 389 g/mol. The summed E-state index contributed by atoms with van der Waals surface area (Å²) in [5.74, 6) is 0.707. The van der Waals surface area contributed by atoms with Crippen molar-refractivity contribution in [1.82, 2.24) is 10.2 Å². The van der Waals surface area contributed by atoms with Crippen molar-refractivity contribution in [1.29, 1.82) is 0 Å². The molecule has 7 heteroatoms. The summed E-state index contributed by atoms with van der Waals surface area (Å²) in [7, 11) is 0. The third-order valence-electron chi connectivity index (χ3n) is 3.88. The van der Waals surface area contributed by atoms with Gasteiger partial charge in [0.05, 0.1) is 12.1 Å². The van der Waals surface area contributed by atoms with Gasteiger partial charge in [0.2, 0.25) is 0 Å². The second-order valence-electron chi connectivity index (χ2n) is 5.35. The number of carboxylic acid groups (broad SMARTS) is 1. The summed E-state index contributed by atoms with van der Waals surface area (Å²) in [4.78, 5) is 13.2. The van der Waals surface area contributed by atoms with E-state index in [1.165, 1.54) is 0 Å². The third kappa shape index (κ3) is 7.08. The molecule has 0 unspecified atom stereocenters. The Morgan fingerprint density at radius 2 is 1.72 bits per heavy atom. The molecule has 0 aliphatic heterocycles. The molecule has 2 rings (SSSR count). The van der Waals surface area contributed by atoms with Gasteiger partial charge in [0.15, 0.2) is 0 Å². The number of benzene rings is 1. The lowest BCUT2D eigenvalue weighted by Crippen LogP contribution is -2.31. The zero-order valence-electron chi connectivity index (χ0n) is 14.5. The Bertz CT molecular complexity index is 626. The molecule has 140 valence electrons. The summed E-state index contributed by atoms with van der Waals surface area (Å²) >= 11 is 0. The number of hydrogen-bond donors (Lipinski definition) is 2. The second-order valence-corrected chi connectivity index (χ2v) is 5.35. The summed E-state index contributed by atoms with van der Waals surface area (Å²) < 4.78 is 5.81. The van der Waals surface area contributed by atoms with Gasteiger partial charge in [-0.3, -0.25) is 0 Å². The van der Waals surface area contributed by atoms with Gasteiger partial charge in [-0.15, -0.1) is 24.8 Å². The van der Waals surface area contributed by atoms with Crippen molar-refractivity contribution in [3.05, 3.63) is 47.7 Å². The molecule has 25 heavy (non-hydrogen) atoms. The van der Waals surface area contributed by atoms with Crippen LogP contribution in [0, 0.1) is 0 Å². The number of carboxylic acids is 1. The summed E-state index contributed by atoms with van der Waals surface area (Å²) in [6.07, 6.45) is 0. The average Bonchev–Trinajstić information content (AvgIpc) is 3.04. The van der Waals surface area contributed by atoms with E-state index in [1.54, 1.807) is 24.3 Å². The lowest BCUT2D eigenvalue weighted by atomic mass is 10.1. The molecule has 2 N–H and O–H groups in total. The summed E-state index contributed by atoms with van der Waals surface area (Å²) in [5.41, 5.74) is 1.16. The van der Waals surface area contributed by atoms with Gasteiger partial charge in [-0.05, 0) is 37.4 Å². The number of furan rings is 1. The monoisotopic (exact) mass is 388 g/mol. The summed E-state index contributed by atoms with van der Waals surface area (Å²) in [6, 6.07) is 10.6. The fraction of sp³-hybridized carbons (Fsp3) is 0.389. The topological polar surface area (TPSA) is 65.7 Å². The molecule has 0 aliphatic carbocycles. The molecular formula is C18H26Cl2N2O3. The van der Waals surface area contributed by atoms with Crippen molar-refractivity contribution in [2.45, 2.75) is 20.4 Å². The van der Waals surface area contributed by atoms with Crippen LogP contribution in [-0.2, 0) is 6.54 Å². The van der Waals surface area contributed by atoms with Crippen molar-refractivity contribution in [2.75, 3.05) is 26.2 Å². The van der Waals surface area contributed by atoms with Gasteiger partial charge < -0.3 is 19.7 Å². The van der Waals surface area contributed by atoms with Crippen LogP contribution in [0.1, 0.15) is 30.0 Å². The Hall–Kier alpha value is -1.53. The third-order valence-corrected chi connectivity index (χ3v) is 3.88. The van der Waals surface area contributed by atoms with Crippen molar-refractivity contribution in [3.63, 3.8) is 0 Å². The fourth-order valence-electron chi connectivity index (χ4n) is 2.39. The standard InChI is InChI=1S/C18H24N2O3.2ClH/c1-3-20(4-2)12-11-19-13-16-9-10-17(23-16)14-5-7-15(8-6-14)18(21)22;;/h5-10,19H,3-4,11-13H2,1-2H3,(H,21,22);2*1H. The number of aromatic carboxylic acids is 1. The Morgan fingerprint density at radius 1 is 1.08 bits per heavy atom. The minimum absolute atomic E-state index is 0. The van der Waals surface area contributed by atoms with Crippen LogP contribution >= 0.6 is 24.8 Å². The van der Waals surface area contributed by atoms with Crippen LogP contribution in [0.2, 0.25) is 0 Å². The molecule has 2 aromatic rings. The molecule has 0 fully saturated rings. The lowest BCUT2D eigenvalue weighted by molar-refractivity contribution is 0.0697.